The van der Waals surface area contributed by atoms with E-state index in [1.54, 1.807) is 6.92 Å². The molecule has 0 amide bonds. The summed E-state index contributed by atoms with van der Waals surface area (Å²) in [5.41, 5.74) is 18.8. The van der Waals surface area contributed by atoms with Crippen LogP contribution < -0.4 is 21.9 Å². The number of imidazole rings is 1. The third kappa shape index (κ3) is 4.62. The molecule has 9 nitrogen and oxygen atoms in total. The number of para-hydroxylation sites is 1. The maximum absolute atomic E-state index is 14.1. The average molecular weight is 521 g/mol. The van der Waals surface area contributed by atoms with Gasteiger partial charge in [-0.25, -0.2) is 9.67 Å². The molecule has 0 spiro atoms. The number of nitrogens with two attached hydrogens (primary N) is 2. The minimum Gasteiger partial charge on any atom is -0.341 e. The van der Waals surface area contributed by atoms with E-state index in [9.17, 15) is 4.79 Å². The van der Waals surface area contributed by atoms with Gasteiger partial charge in [-0.2, -0.15) is 5.10 Å². The van der Waals surface area contributed by atoms with E-state index in [0.29, 0.717) is 35.8 Å². The molecule has 0 radical (unpaired) electrons. The van der Waals surface area contributed by atoms with E-state index in [2.05, 4.69) is 34.9 Å². The van der Waals surface area contributed by atoms with Crippen molar-refractivity contribution in [3.8, 4) is 11.8 Å². The van der Waals surface area contributed by atoms with E-state index in [1.165, 1.54) is 10.2 Å². The van der Waals surface area contributed by atoms with E-state index < -0.39 is 0 Å². The predicted octanol–water partition coefficient (Wildman–Crippen LogP) is 2.73. The fourth-order valence-electron chi connectivity index (χ4n) is 5.60. The van der Waals surface area contributed by atoms with Gasteiger partial charge in [0.05, 0.1) is 24.5 Å². The Bertz CT molecular complexity index is 1700. The van der Waals surface area contributed by atoms with Gasteiger partial charge in [-0.3, -0.25) is 14.4 Å². The minimum atomic E-state index is -0.238. The molecule has 0 saturated carbocycles. The third-order valence-corrected chi connectivity index (χ3v) is 7.50. The minimum absolute atomic E-state index is 0.0595. The van der Waals surface area contributed by atoms with Crippen molar-refractivity contribution in [2.24, 2.45) is 16.5 Å². The van der Waals surface area contributed by atoms with Crippen LogP contribution in [-0.2, 0) is 26.1 Å². The van der Waals surface area contributed by atoms with Crippen LogP contribution in [0.4, 0.5) is 11.6 Å². The lowest BCUT2D eigenvalue weighted by Gasteiger charge is -2.31. The van der Waals surface area contributed by atoms with Crippen molar-refractivity contribution < 1.29 is 0 Å². The molecular formula is C30H32N8O. The van der Waals surface area contributed by atoms with Gasteiger partial charge in [-0.1, -0.05) is 48.4 Å². The second-order valence-corrected chi connectivity index (χ2v) is 10.1. The van der Waals surface area contributed by atoms with Gasteiger partial charge in [0.2, 0.25) is 5.95 Å². The zero-order valence-corrected chi connectivity index (χ0v) is 22.1. The van der Waals surface area contributed by atoms with Gasteiger partial charge in [-0.05, 0) is 37.0 Å². The van der Waals surface area contributed by atoms with Crippen LogP contribution in [0.5, 0.6) is 0 Å². The lowest BCUT2D eigenvalue weighted by atomic mass is 9.98. The highest BCUT2D eigenvalue weighted by molar-refractivity contribution is 6.04. The fraction of sp³-hybridized carbons (Fsp3) is 0.333. The first-order valence-corrected chi connectivity index (χ1v) is 13.4. The van der Waals surface area contributed by atoms with Gasteiger partial charge in [0, 0.05) is 37.7 Å². The number of nitrogens with zero attached hydrogens (tertiary/aromatic N) is 6. The highest BCUT2D eigenvalue weighted by atomic mass is 16.1. The van der Waals surface area contributed by atoms with E-state index >= 15 is 0 Å². The molecule has 2 aliphatic rings. The Morgan fingerprint density at radius 1 is 1.10 bits per heavy atom. The monoisotopic (exact) mass is 520 g/mol. The van der Waals surface area contributed by atoms with Gasteiger partial charge < -0.3 is 16.4 Å². The van der Waals surface area contributed by atoms with Crippen molar-refractivity contribution in [1.82, 2.24) is 19.3 Å². The summed E-state index contributed by atoms with van der Waals surface area (Å²) in [4.78, 5) is 26.2. The summed E-state index contributed by atoms with van der Waals surface area (Å²) in [6, 6.07) is 16.4. The van der Waals surface area contributed by atoms with Gasteiger partial charge in [0.15, 0.2) is 0 Å². The molecule has 1 atom stereocenters. The first-order valence-electron chi connectivity index (χ1n) is 13.4. The molecule has 6 rings (SSSR count). The van der Waals surface area contributed by atoms with Crippen molar-refractivity contribution in [3.63, 3.8) is 0 Å². The molecule has 4 N–H and O–H groups in total. The zero-order chi connectivity index (χ0) is 26.9. The summed E-state index contributed by atoms with van der Waals surface area (Å²) in [6.45, 7) is 3.99. The van der Waals surface area contributed by atoms with Gasteiger partial charge >= 0.3 is 0 Å². The average Bonchev–Trinajstić information content (AvgIpc) is 3.26. The SMILES string of the molecule is CC#CCn1c(N2CCCC(N)C2)nc2c(CN)nn(CC3=Nc4ccccc4Cc4ccccc43)c(=O)c21. The van der Waals surface area contributed by atoms with Crippen molar-refractivity contribution in [2.75, 3.05) is 18.0 Å². The molecule has 4 aromatic rings. The van der Waals surface area contributed by atoms with Crippen LogP contribution in [0.2, 0.25) is 0 Å². The molecule has 39 heavy (non-hydrogen) atoms. The summed E-state index contributed by atoms with van der Waals surface area (Å²) < 4.78 is 3.39. The van der Waals surface area contributed by atoms with Crippen LogP contribution in [0.25, 0.3) is 11.0 Å². The van der Waals surface area contributed by atoms with Crippen LogP contribution in [0.3, 0.4) is 0 Å². The van der Waals surface area contributed by atoms with E-state index in [0.717, 1.165) is 48.3 Å². The molecule has 9 heteroatoms. The smallest absolute Gasteiger partial charge is 0.293 e. The second-order valence-electron chi connectivity index (χ2n) is 10.1. The molecule has 0 aliphatic carbocycles. The first-order chi connectivity index (χ1) is 19.1. The number of rotatable bonds is 5. The molecule has 198 valence electrons. The van der Waals surface area contributed by atoms with Gasteiger partial charge in [-0.15, -0.1) is 5.92 Å². The summed E-state index contributed by atoms with van der Waals surface area (Å²) in [5, 5.41) is 4.71. The zero-order valence-electron chi connectivity index (χ0n) is 22.1. The number of fused-ring (bicyclic) bond motifs is 3. The molecule has 1 saturated heterocycles. The molecule has 1 unspecified atom stereocenters. The number of hydrogen-bond acceptors (Lipinski definition) is 7. The Kier molecular flexibility index (Phi) is 6.73. The highest BCUT2D eigenvalue weighted by Crippen LogP contribution is 2.29. The number of piperidine rings is 1. The number of aliphatic imine (C=N–C) groups is 1. The Morgan fingerprint density at radius 2 is 1.90 bits per heavy atom. The summed E-state index contributed by atoms with van der Waals surface area (Å²) >= 11 is 0. The lowest BCUT2D eigenvalue weighted by molar-refractivity contribution is 0.496. The first kappa shape index (κ1) is 25.0. The number of anilines is 1. The molecular weight excluding hydrogens is 488 g/mol. The van der Waals surface area contributed by atoms with Crippen LogP contribution >= 0.6 is 0 Å². The fourth-order valence-corrected chi connectivity index (χ4v) is 5.60. The van der Waals surface area contributed by atoms with Crippen LogP contribution in [0, 0.1) is 11.8 Å². The molecule has 2 aliphatic heterocycles. The Morgan fingerprint density at radius 3 is 2.69 bits per heavy atom. The standard InChI is InChI=1S/C30H32N8O/c1-2-3-15-37-28-27(34-30(37)36-14-8-11-22(32)18-36)25(17-31)35-38(29(28)39)19-26-23-12-6-4-9-20(23)16-21-10-5-7-13-24(21)33-26/h4-7,9-10,12-13,22H,8,11,14-19,31-32H2,1H3. The summed E-state index contributed by atoms with van der Waals surface area (Å²) in [6.07, 6.45) is 2.72. The maximum atomic E-state index is 14.1. The summed E-state index contributed by atoms with van der Waals surface area (Å²) in [7, 11) is 0. The molecule has 4 heterocycles. The largest absolute Gasteiger partial charge is 0.341 e. The Labute approximate surface area is 227 Å². The Balaban J connectivity index is 1.52. The van der Waals surface area contributed by atoms with Gasteiger partial charge in [0.25, 0.3) is 5.56 Å². The third-order valence-electron chi connectivity index (χ3n) is 7.50. The molecule has 1 fully saturated rings. The number of aromatic nitrogens is 4. The normalized spacial score (nSPS) is 16.6. The quantitative estimate of drug-likeness (QED) is 0.391. The van der Waals surface area contributed by atoms with Crippen LogP contribution in [0.15, 0.2) is 58.3 Å². The van der Waals surface area contributed by atoms with E-state index in [-0.39, 0.29) is 24.7 Å². The van der Waals surface area contributed by atoms with Crippen LogP contribution in [0.1, 0.15) is 42.1 Å². The second kappa shape index (κ2) is 10.5. The van der Waals surface area contributed by atoms with Crippen molar-refractivity contribution >= 4 is 28.4 Å². The van der Waals surface area contributed by atoms with Crippen molar-refractivity contribution in [1.29, 1.82) is 0 Å². The van der Waals surface area contributed by atoms with Crippen LogP contribution in [-0.4, -0.2) is 44.2 Å². The van der Waals surface area contributed by atoms with E-state index in [1.807, 2.05) is 34.9 Å². The molecule has 2 aromatic heterocycles. The number of hydrogen-bond donors (Lipinski definition) is 2. The molecule has 0 bridgehead atoms. The Hall–Kier alpha value is -4.26. The highest BCUT2D eigenvalue weighted by Gasteiger charge is 2.26. The van der Waals surface area contributed by atoms with Gasteiger partial charge in [0.1, 0.15) is 16.7 Å². The number of benzene rings is 2. The van der Waals surface area contributed by atoms with Crippen molar-refractivity contribution in [3.05, 3.63) is 81.3 Å². The summed E-state index contributed by atoms with van der Waals surface area (Å²) in [5.74, 6) is 6.77. The van der Waals surface area contributed by atoms with Crippen molar-refractivity contribution in [2.45, 2.75) is 51.9 Å². The molecule has 2 aromatic carbocycles. The topological polar surface area (TPSA) is 120 Å². The maximum Gasteiger partial charge on any atom is 0.293 e. The van der Waals surface area contributed by atoms with E-state index in [4.69, 9.17) is 26.5 Å². The predicted molar refractivity (Wildman–Crippen MR) is 154 cm³/mol. The lowest BCUT2D eigenvalue weighted by Crippen LogP contribution is -2.44.